The minimum Gasteiger partial charge on any atom is -0.399 e. The minimum absolute atomic E-state index is 0.756. The van der Waals surface area contributed by atoms with Gasteiger partial charge in [0, 0.05) is 22.8 Å². The van der Waals surface area contributed by atoms with Crippen molar-refractivity contribution in [3.05, 3.63) is 53.5 Å². The maximum Gasteiger partial charge on any atom is 0.188 e. The average molecular weight is 282 g/mol. The summed E-state index contributed by atoms with van der Waals surface area (Å²) in [5.74, 6) is 0.800. The Morgan fingerprint density at radius 3 is 2.60 bits per heavy atom. The molecule has 0 aliphatic rings. The van der Waals surface area contributed by atoms with Crippen molar-refractivity contribution in [3.63, 3.8) is 0 Å². The van der Waals surface area contributed by atoms with Crippen LogP contribution in [0.3, 0.4) is 0 Å². The number of hydrogen-bond donors (Lipinski definition) is 2. The summed E-state index contributed by atoms with van der Waals surface area (Å²) in [6.07, 6.45) is 1.83. The molecule has 2 aromatic heterocycles. The second kappa shape index (κ2) is 5.30. The van der Waals surface area contributed by atoms with Gasteiger partial charge in [0.25, 0.3) is 0 Å². The monoisotopic (exact) mass is 282 g/mol. The summed E-state index contributed by atoms with van der Waals surface area (Å²) in [5, 5.41) is 6.05. The van der Waals surface area contributed by atoms with E-state index in [0.717, 1.165) is 33.5 Å². The zero-order chi connectivity index (χ0) is 13.9. The summed E-state index contributed by atoms with van der Waals surface area (Å²) in [6, 6.07) is 11.7. The number of aromatic nitrogens is 2. The van der Waals surface area contributed by atoms with Gasteiger partial charge in [0.2, 0.25) is 0 Å². The van der Waals surface area contributed by atoms with Crippen molar-refractivity contribution in [3.8, 4) is 11.3 Å². The Bertz CT molecular complexity index is 701. The lowest BCUT2D eigenvalue weighted by molar-refractivity contribution is 1.25. The first-order valence-electron chi connectivity index (χ1n) is 6.22. The molecule has 0 atom stereocenters. The lowest BCUT2D eigenvalue weighted by Gasteiger charge is -2.01. The molecule has 3 N–H and O–H groups in total. The average Bonchev–Trinajstić information content (AvgIpc) is 2.91. The van der Waals surface area contributed by atoms with Crippen molar-refractivity contribution in [2.24, 2.45) is 0 Å². The van der Waals surface area contributed by atoms with Crippen LogP contribution in [0.4, 0.5) is 16.6 Å². The van der Waals surface area contributed by atoms with Crippen LogP contribution in [-0.2, 0) is 0 Å². The molecule has 3 rings (SSSR count). The first kappa shape index (κ1) is 12.6. The van der Waals surface area contributed by atoms with Crippen molar-refractivity contribution >= 4 is 28.0 Å². The molecule has 100 valence electrons. The quantitative estimate of drug-likeness (QED) is 0.716. The highest BCUT2D eigenvalue weighted by atomic mass is 32.1. The molecule has 5 heteroatoms. The number of hydrogen-bond acceptors (Lipinski definition) is 5. The van der Waals surface area contributed by atoms with Crippen molar-refractivity contribution < 1.29 is 0 Å². The number of nitrogen functional groups attached to an aromatic ring is 1. The van der Waals surface area contributed by atoms with E-state index >= 15 is 0 Å². The van der Waals surface area contributed by atoms with Crippen molar-refractivity contribution in [2.75, 3.05) is 11.1 Å². The van der Waals surface area contributed by atoms with Crippen molar-refractivity contribution in [1.29, 1.82) is 0 Å². The van der Waals surface area contributed by atoms with E-state index in [1.165, 1.54) is 0 Å². The van der Waals surface area contributed by atoms with E-state index in [9.17, 15) is 0 Å². The molecule has 0 fully saturated rings. The molecule has 0 saturated carbocycles. The third kappa shape index (κ3) is 2.78. The zero-order valence-corrected chi connectivity index (χ0v) is 11.8. The predicted octanol–water partition coefficient (Wildman–Crippen LogP) is 3.84. The Morgan fingerprint density at radius 1 is 1.10 bits per heavy atom. The molecule has 0 unspecified atom stereocenters. The normalized spacial score (nSPS) is 10.4. The SMILES string of the molecule is Cc1ccc(Nc2nc(-c3ccc(N)cc3)cs2)nc1. The second-order valence-corrected chi connectivity index (χ2v) is 5.36. The van der Waals surface area contributed by atoms with E-state index in [1.807, 2.05) is 54.9 Å². The minimum atomic E-state index is 0.756. The Hall–Kier alpha value is -2.40. The molecule has 20 heavy (non-hydrogen) atoms. The van der Waals surface area contributed by atoms with Gasteiger partial charge in [0.05, 0.1) is 5.69 Å². The van der Waals surface area contributed by atoms with Gasteiger partial charge in [-0.2, -0.15) is 0 Å². The van der Waals surface area contributed by atoms with Crippen LogP contribution in [0.2, 0.25) is 0 Å². The van der Waals surface area contributed by atoms with Crippen LogP contribution in [0, 0.1) is 6.92 Å². The molecule has 0 aliphatic heterocycles. The van der Waals surface area contributed by atoms with Gasteiger partial charge in [-0.25, -0.2) is 9.97 Å². The molecule has 0 radical (unpaired) electrons. The van der Waals surface area contributed by atoms with Crippen LogP contribution in [0.5, 0.6) is 0 Å². The first-order chi connectivity index (χ1) is 9.70. The lowest BCUT2D eigenvalue weighted by atomic mass is 10.1. The third-order valence-electron chi connectivity index (χ3n) is 2.86. The second-order valence-electron chi connectivity index (χ2n) is 4.51. The number of benzene rings is 1. The van der Waals surface area contributed by atoms with Crippen LogP contribution >= 0.6 is 11.3 Å². The number of nitrogens with two attached hydrogens (primary N) is 1. The number of aryl methyl sites for hydroxylation is 1. The van der Waals surface area contributed by atoms with E-state index in [1.54, 1.807) is 11.3 Å². The van der Waals surface area contributed by atoms with Crippen molar-refractivity contribution in [2.45, 2.75) is 6.92 Å². The molecule has 0 amide bonds. The first-order valence-corrected chi connectivity index (χ1v) is 7.10. The standard InChI is InChI=1S/C15H14N4S/c1-10-2-7-14(17-8-10)19-15-18-13(9-20-15)11-3-5-12(16)6-4-11/h2-9H,16H2,1H3,(H,17,18,19). The molecular formula is C15H14N4S. The van der Waals surface area contributed by atoms with Gasteiger partial charge in [0.15, 0.2) is 5.13 Å². The van der Waals surface area contributed by atoms with E-state index < -0.39 is 0 Å². The molecule has 2 heterocycles. The van der Waals surface area contributed by atoms with Crippen LogP contribution in [0.15, 0.2) is 48.0 Å². The summed E-state index contributed by atoms with van der Waals surface area (Å²) in [5.41, 5.74) is 9.57. The van der Waals surface area contributed by atoms with Crippen LogP contribution in [0.25, 0.3) is 11.3 Å². The lowest BCUT2D eigenvalue weighted by Crippen LogP contribution is -1.92. The summed E-state index contributed by atoms with van der Waals surface area (Å²) in [4.78, 5) is 8.86. The summed E-state index contributed by atoms with van der Waals surface area (Å²) in [6.45, 7) is 2.01. The highest BCUT2D eigenvalue weighted by Gasteiger charge is 2.05. The van der Waals surface area contributed by atoms with Gasteiger partial charge in [-0.3, -0.25) is 0 Å². The summed E-state index contributed by atoms with van der Waals surface area (Å²) < 4.78 is 0. The Labute approximate surface area is 121 Å². The van der Waals surface area contributed by atoms with Crippen LogP contribution in [-0.4, -0.2) is 9.97 Å². The maximum absolute atomic E-state index is 5.69. The largest absolute Gasteiger partial charge is 0.399 e. The molecule has 0 bridgehead atoms. The fourth-order valence-corrected chi connectivity index (χ4v) is 2.50. The highest BCUT2D eigenvalue weighted by molar-refractivity contribution is 7.14. The maximum atomic E-state index is 5.69. The Balaban J connectivity index is 1.80. The van der Waals surface area contributed by atoms with Gasteiger partial charge in [-0.1, -0.05) is 18.2 Å². The fourth-order valence-electron chi connectivity index (χ4n) is 1.77. The smallest absolute Gasteiger partial charge is 0.188 e. The summed E-state index contributed by atoms with van der Waals surface area (Å²) in [7, 11) is 0. The van der Waals surface area contributed by atoms with Crippen molar-refractivity contribution in [1.82, 2.24) is 9.97 Å². The number of nitrogens with zero attached hydrogens (tertiary/aromatic N) is 2. The fraction of sp³-hybridized carbons (Fsp3) is 0.0667. The highest BCUT2D eigenvalue weighted by Crippen LogP contribution is 2.27. The number of pyridine rings is 1. The molecule has 0 spiro atoms. The van der Waals surface area contributed by atoms with Crippen LogP contribution < -0.4 is 11.1 Å². The Kier molecular flexibility index (Phi) is 3.35. The molecule has 1 aromatic carbocycles. The number of anilines is 3. The van der Waals surface area contributed by atoms with E-state index in [-0.39, 0.29) is 0 Å². The van der Waals surface area contributed by atoms with E-state index in [4.69, 9.17) is 5.73 Å². The van der Waals surface area contributed by atoms with Gasteiger partial charge in [-0.15, -0.1) is 11.3 Å². The molecular weight excluding hydrogens is 268 g/mol. The molecule has 3 aromatic rings. The third-order valence-corrected chi connectivity index (χ3v) is 3.61. The van der Waals surface area contributed by atoms with Gasteiger partial charge >= 0.3 is 0 Å². The number of rotatable bonds is 3. The topological polar surface area (TPSA) is 63.8 Å². The molecule has 0 saturated heterocycles. The van der Waals surface area contributed by atoms with E-state index in [2.05, 4.69) is 15.3 Å². The molecule has 0 aliphatic carbocycles. The van der Waals surface area contributed by atoms with Gasteiger partial charge < -0.3 is 11.1 Å². The Morgan fingerprint density at radius 2 is 1.90 bits per heavy atom. The van der Waals surface area contributed by atoms with Crippen LogP contribution in [0.1, 0.15) is 5.56 Å². The van der Waals surface area contributed by atoms with Gasteiger partial charge in [0.1, 0.15) is 5.82 Å². The number of nitrogens with one attached hydrogen (secondary N) is 1. The predicted molar refractivity (Wildman–Crippen MR) is 84.2 cm³/mol. The number of thiazole rings is 1. The molecule has 4 nitrogen and oxygen atoms in total. The van der Waals surface area contributed by atoms with Gasteiger partial charge in [-0.05, 0) is 30.7 Å². The summed E-state index contributed by atoms with van der Waals surface area (Å²) >= 11 is 1.55. The zero-order valence-electron chi connectivity index (χ0n) is 11.0. The van der Waals surface area contributed by atoms with E-state index in [0.29, 0.717) is 0 Å².